The van der Waals surface area contributed by atoms with Crippen molar-refractivity contribution >= 4 is 27.8 Å². The molecular formula is C15H11F2N3S. The minimum Gasteiger partial charge on any atom is -0.318 e. The minimum absolute atomic E-state index is 0.460. The lowest BCUT2D eigenvalue weighted by Gasteiger charge is -1.94. The largest absolute Gasteiger partial charge is 0.318 e. The Kier molecular flexibility index (Phi) is 3.62. The van der Waals surface area contributed by atoms with Crippen LogP contribution in [0.5, 0.6) is 0 Å². The number of hydrogen-bond donors (Lipinski definition) is 0. The predicted octanol–water partition coefficient (Wildman–Crippen LogP) is 3.45. The Morgan fingerprint density at radius 3 is 2.67 bits per heavy atom. The number of fused-ring (bicyclic) bond motifs is 1. The van der Waals surface area contributed by atoms with Gasteiger partial charge in [-0.1, -0.05) is 29.5 Å². The number of hydrogen-bond acceptors (Lipinski definition) is 3. The van der Waals surface area contributed by atoms with E-state index in [1.165, 1.54) is 23.6 Å². The summed E-state index contributed by atoms with van der Waals surface area (Å²) in [5.41, 5.74) is 1.53. The van der Waals surface area contributed by atoms with Gasteiger partial charge >= 0.3 is 0 Å². The first-order valence-electron chi connectivity index (χ1n) is 6.22. The molecule has 3 nitrogen and oxygen atoms in total. The number of benzene rings is 2. The first-order valence-corrected chi connectivity index (χ1v) is 7.03. The molecule has 2 aromatic carbocycles. The van der Waals surface area contributed by atoms with E-state index in [2.05, 4.69) is 10.2 Å². The Hall–Kier alpha value is -2.34. The molecule has 106 valence electrons. The summed E-state index contributed by atoms with van der Waals surface area (Å²) in [5.74, 6) is -1.77. The van der Waals surface area contributed by atoms with Gasteiger partial charge in [0.2, 0.25) is 4.80 Å². The Bertz CT molecular complexity index is 893. The molecule has 3 rings (SSSR count). The molecule has 0 amide bonds. The van der Waals surface area contributed by atoms with Crippen molar-refractivity contribution in [3.8, 4) is 0 Å². The summed E-state index contributed by atoms with van der Waals surface area (Å²) < 4.78 is 28.9. The van der Waals surface area contributed by atoms with Crippen LogP contribution in [0.4, 0.5) is 8.78 Å². The van der Waals surface area contributed by atoms with Crippen molar-refractivity contribution < 1.29 is 8.78 Å². The van der Waals surface area contributed by atoms with Gasteiger partial charge in [0, 0.05) is 7.05 Å². The second-order valence-electron chi connectivity index (χ2n) is 4.43. The standard InChI is InChI=1S/C15H11F2N3S/c1-20-13-4-2-3-5-14(13)21-15(20)19-18-9-10-6-7-11(16)12(17)8-10/h2-9H,1H3/b18-9+,19-15-. The highest BCUT2D eigenvalue weighted by Gasteiger charge is 2.01. The molecule has 0 aliphatic heterocycles. The minimum atomic E-state index is -0.897. The van der Waals surface area contributed by atoms with E-state index in [4.69, 9.17) is 0 Å². The lowest BCUT2D eigenvalue weighted by Crippen LogP contribution is -2.08. The van der Waals surface area contributed by atoms with Crippen molar-refractivity contribution in [2.75, 3.05) is 0 Å². The molecule has 1 heterocycles. The van der Waals surface area contributed by atoms with Gasteiger partial charge in [0.05, 0.1) is 16.4 Å². The Labute approximate surface area is 123 Å². The van der Waals surface area contributed by atoms with Gasteiger partial charge in [0.15, 0.2) is 11.6 Å². The van der Waals surface area contributed by atoms with E-state index < -0.39 is 11.6 Å². The summed E-state index contributed by atoms with van der Waals surface area (Å²) in [6.45, 7) is 0. The second kappa shape index (κ2) is 5.57. The van der Waals surface area contributed by atoms with Crippen molar-refractivity contribution in [1.82, 2.24) is 4.57 Å². The van der Waals surface area contributed by atoms with Gasteiger partial charge < -0.3 is 4.57 Å². The highest BCUT2D eigenvalue weighted by molar-refractivity contribution is 7.16. The molecule has 0 radical (unpaired) electrons. The quantitative estimate of drug-likeness (QED) is 0.513. The molecule has 0 aliphatic carbocycles. The fourth-order valence-electron chi connectivity index (χ4n) is 1.92. The Morgan fingerprint density at radius 2 is 1.90 bits per heavy atom. The van der Waals surface area contributed by atoms with E-state index in [0.717, 1.165) is 27.2 Å². The average molecular weight is 303 g/mol. The van der Waals surface area contributed by atoms with Gasteiger partial charge in [-0.15, -0.1) is 5.10 Å². The SMILES string of the molecule is Cn1/c(=N/N=C/c2ccc(F)c(F)c2)sc2ccccc21. The van der Waals surface area contributed by atoms with E-state index in [0.29, 0.717) is 5.56 Å². The monoisotopic (exact) mass is 303 g/mol. The second-order valence-corrected chi connectivity index (χ2v) is 5.44. The summed E-state index contributed by atoms with van der Waals surface area (Å²) in [6.07, 6.45) is 1.40. The van der Waals surface area contributed by atoms with Crippen molar-refractivity contribution in [2.24, 2.45) is 17.3 Å². The maximum atomic E-state index is 13.1. The fraction of sp³-hybridized carbons (Fsp3) is 0.0667. The number of rotatable bonds is 2. The zero-order chi connectivity index (χ0) is 14.8. The van der Waals surface area contributed by atoms with Crippen LogP contribution in [-0.2, 0) is 7.05 Å². The van der Waals surface area contributed by atoms with Crippen LogP contribution in [0.2, 0.25) is 0 Å². The van der Waals surface area contributed by atoms with Gasteiger partial charge in [0.1, 0.15) is 0 Å². The maximum Gasteiger partial charge on any atom is 0.211 e. The molecule has 6 heteroatoms. The fourth-order valence-corrected chi connectivity index (χ4v) is 2.89. The van der Waals surface area contributed by atoms with Crippen molar-refractivity contribution in [2.45, 2.75) is 0 Å². The summed E-state index contributed by atoms with van der Waals surface area (Å²) in [5, 5.41) is 8.06. The zero-order valence-corrected chi connectivity index (χ0v) is 11.9. The molecule has 0 spiro atoms. The Balaban J connectivity index is 1.95. The molecule has 21 heavy (non-hydrogen) atoms. The van der Waals surface area contributed by atoms with Gasteiger partial charge in [-0.05, 0) is 29.8 Å². The van der Waals surface area contributed by atoms with Crippen LogP contribution in [0.25, 0.3) is 10.2 Å². The summed E-state index contributed by atoms with van der Waals surface area (Å²) in [4.78, 5) is 0.732. The molecule has 0 saturated heterocycles. The molecule has 0 unspecified atom stereocenters. The van der Waals surface area contributed by atoms with Crippen LogP contribution >= 0.6 is 11.3 Å². The van der Waals surface area contributed by atoms with Crippen LogP contribution in [-0.4, -0.2) is 10.8 Å². The highest BCUT2D eigenvalue weighted by Crippen LogP contribution is 2.15. The van der Waals surface area contributed by atoms with E-state index in [9.17, 15) is 8.78 Å². The van der Waals surface area contributed by atoms with Crippen molar-refractivity contribution in [3.63, 3.8) is 0 Å². The number of aryl methyl sites for hydroxylation is 1. The van der Waals surface area contributed by atoms with Crippen molar-refractivity contribution in [3.05, 3.63) is 64.5 Å². The highest BCUT2D eigenvalue weighted by atomic mass is 32.1. The smallest absolute Gasteiger partial charge is 0.211 e. The molecular weight excluding hydrogens is 292 g/mol. The molecule has 0 N–H and O–H groups in total. The normalized spacial score (nSPS) is 12.6. The number of nitrogens with zero attached hydrogens (tertiary/aromatic N) is 3. The first-order chi connectivity index (χ1) is 10.1. The molecule has 1 aromatic heterocycles. The third-order valence-electron chi connectivity index (χ3n) is 3.01. The summed E-state index contributed by atoms with van der Waals surface area (Å²) >= 11 is 1.51. The van der Waals surface area contributed by atoms with Gasteiger partial charge in [-0.3, -0.25) is 0 Å². The van der Waals surface area contributed by atoms with Crippen LogP contribution in [0, 0.1) is 11.6 Å². The third kappa shape index (κ3) is 2.75. The van der Waals surface area contributed by atoms with Gasteiger partial charge in [0.25, 0.3) is 0 Å². The van der Waals surface area contributed by atoms with Gasteiger partial charge in [-0.2, -0.15) is 5.10 Å². The lowest BCUT2D eigenvalue weighted by atomic mass is 10.2. The van der Waals surface area contributed by atoms with Crippen molar-refractivity contribution in [1.29, 1.82) is 0 Å². The van der Waals surface area contributed by atoms with Gasteiger partial charge in [-0.25, -0.2) is 8.78 Å². The number of thiazole rings is 1. The molecule has 0 atom stereocenters. The zero-order valence-electron chi connectivity index (χ0n) is 11.1. The van der Waals surface area contributed by atoms with Crippen LogP contribution < -0.4 is 4.80 Å². The van der Waals surface area contributed by atoms with E-state index >= 15 is 0 Å². The molecule has 0 saturated carbocycles. The topological polar surface area (TPSA) is 29.6 Å². The number of aromatic nitrogens is 1. The summed E-state index contributed by atoms with van der Waals surface area (Å²) in [6, 6.07) is 11.5. The third-order valence-corrected chi connectivity index (χ3v) is 4.11. The van der Waals surface area contributed by atoms with Crippen LogP contribution in [0.15, 0.2) is 52.7 Å². The molecule has 0 fully saturated rings. The maximum absolute atomic E-state index is 13.1. The van der Waals surface area contributed by atoms with Crippen LogP contribution in [0.3, 0.4) is 0 Å². The van der Waals surface area contributed by atoms with E-state index in [1.54, 1.807) is 0 Å². The number of para-hydroxylation sites is 1. The molecule has 0 aliphatic rings. The van der Waals surface area contributed by atoms with E-state index in [-0.39, 0.29) is 0 Å². The predicted molar refractivity (Wildman–Crippen MR) is 80.3 cm³/mol. The first kappa shape index (κ1) is 13.6. The molecule has 3 aromatic rings. The molecule has 0 bridgehead atoms. The lowest BCUT2D eigenvalue weighted by molar-refractivity contribution is 0.508. The average Bonchev–Trinajstić information content (AvgIpc) is 2.80. The summed E-state index contributed by atoms with van der Waals surface area (Å²) in [7, 11) is 1.91. The Morgan fingerprint density at radius 1 is 1.10 bits per heavy atom. The van der Waals surface area contributed by atoms with E-state index in [1.807, 2.05) is 35.9 Å². The van der Waals surface area contributed by atoms with Crippen LogP contribution in [0.1, 0.15) is 5.56 Å². The number of halogens is 2.